The maximum Gasteiger partial charge on any atom is 0.143 e. The average Bonchev–Trinajstić information content (AvgIpc) is 2.07. The highest BCUT2D eigenvalue weighted by Crippen LogP contribution is 2.23. The molecule has 1 heterocycles. The van der Waals surface area contributed by atoms with Gasteiger partial charge in [0.2, 0.25) is 0 Å². The Bertz CT molecular complexity index is 303. The lowest BCUT2D eigenvalue weighted by molar-refractivity contribution is 0.108. The Labute approximate surface area is 78.9 Å². The van der Waals surface area contributed by atoms with Crippen LogP contribution in [0.25, 0.3) is 0 Å². The minimum absolute atomic E-state index is 0.605. The first-order valence-electron chi connectivity index (χ1n) is 3.72. The summed E-state index contributed by atoms with van der Waals surface area (Å²) >= 11 is 3.36. The largest absolute Gasteiger partial charge is 0.373 e. The fourth-order valence-corrected chi connectivity index (χ4v) is 1.68. The number of hydrazine groups is 1. The van der Waals surface area contributed by atoms with E-state index >= 15 is 0 Å². The Morgan fingerprint density at radius 2 is 2.33 bits per heavy atom. The van der Waals surface area contributed by atoms with Gasteiger partial charge in [0.15, 0.2) is 0 Å². The zero-order chi connectivity index (χ0) is 8.55. The predicted molar refractivity (Wildman–Crippen MR) is 49.1 cm³/mol. The van der Waals surface area contributed by atoms with Crippen molar-refractivity contribution >= 4 is 15.9 Å². The molecule has 0 aliphatic carbocycles. The van der Waals surface area contributed by atoms with E-state index in [9.17, 15) is 5.11 Å². The van der Waals surface area contributed by atoms with Gasteiger partial charge in [0, 0.05) is 16.6 Å². The SMILES string of the molecule is OC1NNCc2ccc(Br)cc21. The second kappa shape index (κ2) is 3.14. The van der Waals surface area contributed by atoms with Crippen LogP contribution in [0.4, 0.5) is 0 Å². The van der Waals surface area contributed by atoms with Gasteiger partial charge in [0.25, 0.3) is 0 Å². The third-order valence-corrected chi connectivity index (χ3v) is 2.41. The number of aliphatic hydroxyl groups is 1. The molecule has 0 saturated carbocycles. The fourth-order valence-electron chi connectivity index (χ4n) is 1.30. The molecule has 0 amide bonds. The quantitative estimate of drug-likeness (QED) is 0.623. The third-order valence-electron chi connectivity index (χ3n) is 1.92. The summed E-state index contributed by atoms with van der Waals surface area (Å²) in [5.41, 5.74) is 7.71. The van der Waals surface area contributed by atoms with Crippen molar-refractivity contribution in [2.75, 3.05) is 0 Å². The van der Waals surface area contributed by atoms with E-state index in [2.05, 4.69) is 26.8 Å². The van der Waals surface area contributed by atoms with Gasteiger partial charge in [0.1, 0.15) is 6.23 Å². The molecule has 1 aliphatic heterocycles. The molecule has 1 aromatic rings. The van der Waals surface area contributed by atoms with Gasteiger partial charge >= 0.3 is 0 Å². The van der Waals surface area contributed by atoms with Crippen LogP contribution in [0, 0.1) is 0 Å². The highest BCUT2D eigenvalue weighted by molar-refractivity contribution is 9.10. The summed E-state index contributed by atoms with van der Waals surface area (Å²) in [4.78, 5) is 0. The smallest absolute Gasteiger partial charge is 0.143 e. The Morgan fingerprint density at radius 3 is 3.17 bits per heavy atom. The molecule has 4 heteroatoms. The molecule has 0 spiro atoms. The van der Waals surface area contributed by atoms with Crippen molar-refractivity contribution in [3.8, 4) is 0 Å². The molecule has 12 heavy (non-hydrogen) atoms. The molecule has 3 nitrogen and oxygen atoms in total. The highest BCUT2D eigenvalue weighted by atomic mass is 79.9. The molecular formula is C8H9BrN2O. The van der Waals surface area contributed by atoms with Gasteiger partial charge in [-0.15, -0.1) is 0 Å². The minimum Gasteiger partial charge on any atom is -0.373 e. The van der Waals surface area contributed by atoms with Crippen LogP contribution in [0.1, 0.15) is 17.4 Å². The van der Waals surface area contributed by atoms with Gasteiger partial charge in [-0.1, -0.05) is 22.0 Å². The Morgan fingerprint density at radius 1 is 1.50 bits per heavy atom. The summed E-state index contributed by atoms with van der Waals surface area (Å²) in [6, 6.07) is 5.89. The first kappa shape index (κ1) is 8.19. The van der Waals surface area contributed by atoms with E-state index in [1.54, 1.807) is 0 Å². The molecule has 0 bridgehead atoms. The van der Waals surface area contributed by atoms with Gasteiger partial charge in [-0.2, -0.15) is 0 Å². The molecule has 1 unspecified atom stereocenters. The number of hydrogen-bond donors (Lipinski definition) is 3. The molecule has 0 radical (unpaired) electrons. The molecule has 3 N–H and O–H groups in total. The van der Waals surface area contributed by atoms with Crippen molar-refractivity contribution in [2.24, 2.45) is 0 Å². The Hall–Kier alpha value is -0.420. The van der Waals surface area contributed by atoms with E-state index in [1.807, 2.05) is 18.2 Å². The summed E-state index contributed by atoms with van der Waals surface area (Å²) in [5, 5.41) is 9.49. The molecule has 2 rings (SSSR count). The van der Waals surface area contributed by atoms with Crippen LogP contribution in [-0.2, 0) is 6.54 Å². The summed E-state index contributed by atoms with van der Waals surface area (Å²) in [5.74, 6) is 0. The van der Waals surface area contributed by atoms with Gasteiger partial charge in [-0.3, -0.25) is 5.43 Å². The van der Waals surface area contributed by atoms with E-state index in [-0.39, 0.29) is 0 Å². The second-order valence-corrected chi connectivity index (χ2v) is 3.66. The van der Waals surface area contributed by atoms with Crippen molar-refractivity contribution in [3.63, 3.8) is 0 Å². The van der Waals surface area contributed by atoms with Crippen molar-refractivity contribution in [1.29, 1.82) is 0 Å². The zero-order valence-electron chi connectivity index (χ0n) is 6.34. The second-order valence-electron chi connectivity index (χ2n) is 2.74. The molecule has 0 aromatic heterocycles. The maximum atomic E-state index is 9.49. The molecule has 1 aliphatic rings. The lowest BCUT2D eigenvalue weighted by Gasteiger charge is -2.23. The minimum atomic E-state index is -0.605. The number of nitrogens with one attached hydrogen (secondary N) is 2. The van der Waals surface area contributed by atoms with Crippen molar-refractivity contribution in [3.05, 3.63) is 33.8 Å². The number of hydrogen-bond acceptors (Lipinski definition) is 3. The third kappa shape index (κ3) is 1.38. The van der Waals surface area contributed by atoms with Gasteiger partial charge < -0.3 is 5.11 Å². The van der Waals surface area contributed by atoms with Crippen LogP contribution in [0.15, 0.2) is 22.7 Å². The number of benzene rings is 1. The predicted octanol–water partition coefficient (Wildman–Crippen LogP) is 1.05. The molecule has 64 valence electrons. The maximum absolute atomic E-state index is 9.49. The molecule has 0 saturated heterocycles. The first-order valence-corrected chi connectivity index (χ1v) is 4.51. The van der Waals surface area contributed by atoms with Crippen LogP contribution in [0.3, 0.4) is 0 Å². The van der Waals surface area contributed by atoms with Crippen molar-refractivity contribution in [1.82, 2.24) is 10.9 Å². The van der Waals surface area contributed by atoms with Crippen LogP contribution >= 0.6 is 15.9 Å². The molecule has 1 aromatic carbocycles. The molecular weight excluding hydrogens is 220 g/mol. The van der Waals surface area contributed by atoms with Gasteiger partial charge in [-0.05, 0) is 17.7 Å². The summed E-state index contributed by atoms with van der Waals surface area (Å²) in [6.07, 6.45) is -0.605. The van der Waals surface area contributed by atoms with Crippen LogP contribution in [0.2, 0.25) is 0 Å². The number of halogens is 1. The summed E-state index contributed by atoms with van der Waals surface area (Å²) in [6.45, 7) is 0.750. The highest BCUT2D eigenvalue weighted by Gasteiger charge is 2.16. The molecule has 1 atom stereocenters. The van der Waals surface area contributed by atoms with Crippen molar-refractivity contribution in [2.45, 2.75) is 12.8 Å². The average molecular weight is 229 g/mol. The lowest BCUT2D eigenvalue weighted by Crippen LogP contribution is -2.39. The zero-order valence-corrected chi connectivity index (χ0v) is 7.93. The van der Waals surface area contributed by atoms with Gasteiger partial charge in [-0.25, -0.2) is 5.43 Å². The Kier molecular flexibility index (Phi) is 2.14. The Balaban J connectivity index is 2.47. The number of fused-ring (bicyclic) bond motifs is 1. The fraction of sp³-hybridized carbons (Fsp3) is 0.250. The van der Waals surface area contributed by atoms with E-state index in [1.165, 1.54) is 0 Å². The first-order chi connectivity index (χ1) is 5.77. The van der Waals surface area contributed by atoms with Gasteiger partial charge in [0.05, 0.1) is 0 Å². The summed E-state index contributed by atoms with van der Waals surface area (Å²) in [7, 11) is 0. The van der Waals surface area contributed by atoms with E-state index in [4.69, 9.17) is 0 Å². The normalized spacial score (nSPS) is 22.0. The number of rotatable bonds is 0. The van der Waals surface area contributed by atoms with Crippen LogP contribution < -0.4 is 10.9 Å². The van der Waals surface area contributed by atoms with Crippen LogP contribution in [0.5, 0.6) is 0 Å². The van der Waals surface area contributed by atoms with E-state index in [0.29, 0.717) is 0 Å². The summed E-state index contributed by atoms with van der Waals surface area (Å²) < 4.78 is 0.990. The van der Waals surface area contributed by atoms with E-state index < -0.39 is 6.23 Å². The number of aliphatic hydroxyl groups excluding tert-OH is 1. The van der Waals surface area contributed by atoms with E-state index in [0.717, 1.165) is 22.1 Å². The lowest BCUT2D eigenvalue weighted by atomic mass is 10.1. The molecule has 0 fully saturated rings. The topological polar surface area (TPSA) is 44.3 Å². The van der Waals surface area contributed by atoms with Crippen LogP contribution in [-0.4, -0.2) is 5.11 Å². The van der Waals surface area contributed by atoms with Crippen molar-refractivity contribution < 1.29 is 5.11 Å². The standard InChI is InChI=1S/C8H9BrN2O/c9-6-2-1-5-4-10-11-8(12)7(5)3-6/h1-3,8,10-12H,4H2. The monoisotopic (exact) mass is 228 g/mol.